The number of rotatable bonds is 6. The molecule has 6 nitrogen and oxygen atoms in total. The number of fused-ring (bicyclic) bond motifs is 3. The number of nitrogens with one attached hydrogen (secondary N) is 1. The van der Waals surface area contributed by atoms with E-state index in [4.69, 9.17) is 4.98 Å². The number of thioether (sulfide) groups is 1. The molecule has 0 unspecified atom stereocenters. The van der Waals surface area contributed by atoms with Crippen molar-refractivity contribution in [1.29, 1.82) is 0 Å². The van der Waals surface area contributed by atoms with Crippen LogP contribution in [0.25, 0.3) is 21.8 Å². The van der Waals surface area contributed by atoms with E-state index in [1.807, 2.05) is 22.5 Å². The normalized spacial score (nSPS) is 20.5. The molecule has 0 bridgehead atoms. The number of aromatic nitrogens is 3. The zero-order chi connectivity index (χ0) is 22.2. The van der Waals surface area contributed by atoms with Crippen LogP contribution in [0, 0.1) is 5.92 Å². The summed E-state index contributed by atoms with van der Waals surface area (Å²) in [6.07, 6.45) is 10.2. The van der Waals surface area contributed by atoms with Crippen LogP contribution in [0.3, 0.4) is 0 Å². The fraction of sp³-hybridized carbons (Fsp3) is 0.577. The van der Waals surface area contributed by atoms with Crippen LogP contribution in [-0.2, 0) is 6.54 Å². The second kappa shape index (κ2) is 9.26. The van der Waals surface area contributed by atoms with Gasteiger partial charge in [-0.05, 0) is 48.6 Å². The lowest BCUT2D eigenvalue weighted by Gasteiger charge is -2.27. The molecule has 174 valence electrons. The van der Waals surface area contributed by atoms with Crippen molar-refractivity contribution < 1.29 is 0 Å². The van der Waals surface area contributed by atoms with Gasteiger partial charge < -0.3 is 5.32 Å². The number of pyridine rings is 1. The molecule has 6 rings (SSSR count). The predicted octanol–water partition coefficient (Wildman–Crippen LogP) is 4.82. The minimum Gasteiger partial charge on any atom is -0.354 e. The molecule has 2 aromatic heterocycles. The molecule has 3 aliphatic rings. The summed E-state index contributed by atoms with van der Waals surface area (Å²) in [7, 11) is 0. The molecule has 2 saturated carbocycles. The third-order valence-electron chi connectivity index (χ3n) is 7.52. The molecule has 1 N–H and O–H groups in total. The van der Waals surface area contributed by atoms with E-state index in [1.165, 1.54) is 49.2 Å². The first-order valence-electron chi connectivity index (χ1n) is 12.6. The molecular weight excluding hydrogens is 430 g/mol. The summed E-state index contributed by atoms with van der Waals surface area (Å²) >= 11 is 2.03. The lowest BCUT2D eigenvalue weighted by molar-refractivity contribution is 0.295. The van der Waals surface area contributed by atoms with Crippen LogP contribution in [0.4, 0.5) is 5.95 Å². The summed E-state index contributed by atoms with van der Waals surface area (Å²) < 4.78 is 2.02. The Morgan fingerprint density at radius 3 is 2.61 bits per heavy atom. The maximum absolute atomic E-state index is 13.9. The molecule has 0 atom stereocenters. The molecule has 0 radical (unpaired) electrons. The molecular formula is C26H33N5OS. The van der Waals surface area contributed by atoms with Gasteiger partial charge >= 0.3 is 0 Å². The Bertz CT molecular complexity index is 1210. The van der Waals surface area contributed by atoms with Crippen molar-refractivity contribution in [2.75, 3.05) is 36.5 Å². The van der Waals surface area contributed by atoms with Gasteiger partial charge in [0.15, 0.2) is 0 Å². The van der Waals surface area contributed by atoms with Gasteiger partial charge in [0.05, 0.1) is 0 Å². The quantitative estimate of drug-likeness (QED) is 0.529. The summed E-state index contributed by atoms with van der Waals surface area (Å²) in [4.78, 5) is 26.0. The minimum atomic E-state index is 0.118. The van der Waals surface area contributed by atoms with Gasteiger partial charge in [0.1, 0.15) is 5.65 Å². The van der Waals surface area contributed by atoms with Crippen LogP contribution >= 0.6 is 11.8 Å². The molecule has 3 heterocycles. The second-order valence-electron chi connectivity index (χ2n) is 9.99. The van der Waals surface area contributed by atoms with Gasteiger partial charge in [-0.1, -0.05) is 31.4 Å². The summed E-state index contributed by atoms with van der Waals surface area (Å²) in [6, 6.07) is 6.68. The zero-order valence-electron chi connectivity index (χ0n) is 19.3. The maximum atomic E-state index is 13.9. The number of hydrogen-bond acceptors (Lipinski definition) is 6. The monoisotopic (exact) mass is 463 g/mol. The SMILES string of the molecule is O=c1c2cc(CN3CCSCC3)ccc2c2cnc(NCC3CC3)nc2n1C1CCCCC1. The highest BCUT2D eigenvalue weighted by molar-refractivity contribution is 7.99. The largest absolute Gasteiger partial charge is 0.354 e. The zero-order valence-corrected chi connectivity index (χ0v) is 20.1. The lowest BCUT2D eigenvalue weighted by Crippen LogP contribution is -2.32. The molecule has 3 fully saturated rings. The van der Waals surface area contributed by atoms with E-state index < -0.39 is 0 Å². The third kappa shape index (κ3) is 4.50. The summed E-state index contributed by atoms with van der Waals surface area (Å²) in [5, 5.41) is 6.20. The van der Waals surface area contributed by atoms with Crippen molar-refractivity contribution in [3.8, 4) is 0 Å². The van der Waals surface area contributed by atoms with Crippen molar-refractivity contribution in [2.45, 2.75) is 57.5 Å². The van der Waals surface area contributed by atoms with E-state index in [0.29, 0.717) is 5.95 Å². The smallest absolute Gasteiger partial charge is 0.260 e. The highest BCUT2D eigenvalue weighted by atomic mass is 32.2. The predicted molar refractivity (Wildman–Crippen MR) is 137 cm³/mol. The molecule has 0 amide bonds. The first kappa shape index (κ1) is 21.4. The van der Waals surface area contributed by atoms with E-state index in [9.17, 15) is 4.79 Å². The van der Waals surface area contributed by atoms with Crippen LogP contribution in [0.5, 0.6) is 0 Å². The molecule has 3 aromatic rings. The first-order chi connectivity index (χ1) is 16.3. The summed E-state index contributed by atoms with van der Waals surface area (Å²) in [6.45, 7) is 4.08. The molecule has 1 saturated heterocycles. The van der Waals surface area contributed by atoms with E-state index in [2.05, 4.69) is 33.4 Å². The van der Waals surface area contributed by atoms with Crippen molar-refractivity contribution in [3.63, 3.8) is 0 Å². The maximum Gasteiger partial charge on any atom is 0.260 e. The Hall–Kier alpha value is -2.12. The lowest BCUT2D eigenvalue weighted by atomic mass is 9.94. The third-order valence-corrected chi connectivity index (χ3v) is 8.46. The summed E-state index contributed by atoms with van der Waals surface area (Å²) in [5.41, 5.74) is 2.14. The minimum absolute atomic E-state index is 0.118. The van der Waals surface area contributed by atoms with Gasteiger partial charge in [0, 0.05) is 60.7 Å². The number of hydrogen-bond donors (Lipinski definition) is 1. The highest BCUT2D eigenvalue weighted by Gasteiger charge is 2.24. The van der Waals surface area contributed by atoms with Crippen molar-refractivity contribution >= 4 is 39.5 Å². The average Bonchev–Trinajstić information content (AvgIpc) is 3.69. The average molecular weight is 464 g/mol. The Balaban J connectivity index is 1.45. The number of anilines is 1. The van der Waals surface area contributed by atoms with E-state index in [-0.39, 0.29) is 11.6 Å². The van der Waals surface area contributed by atoms with E-state index in [1.54, 1.807) is 0 Å². The number of benzene rings is 1. The van der Waals surface area contributed by atoms with Crippen LogP contribution < -0.4 is 10.9 Å². The Morgan fingerprint density at radius 1 is 1.00 bits per heavy atom. The van der Waals surface area contributed by atoms with Gasteiger partial charge in [-0.25, -0.2) is 4.98 Å². The first-order valence-corrected chi connectivity index (χ1v) is 13.8. The molecule has 1 aromatic carbocycles. The Morgan fingerprint density at radius 2 is 1.82 bits per heavy atom. The van der Waals surface area contributed by atoms with Crippen LogP contribution in [0.2, 0.25) is 0 Å². The molecule has 1 aliphatic heterocycles. The standard InChI is InChI=1S/C26H33N5OS/c32-25-22-14-19(17-30-10-12-33-13-11-30)8-9-21(22)23-16-28-26(27-15-18-6-7-18)29-24(23)31(25)20-4-2-1-3-5-20/h8-9,14,16,18,20H,1-7,10-13,15,17H2,(H,27,28,29). The van der Waals surface area contributed by atoms with E-state index >= 15 is 0 Å². The van der Waals surface area contributed by atoms with Gasteiger partial charge in [0.2, 0.25) is 5.95 Å². The fourth-order valence-electron chi connectivity index (χ4n) is 5.41. The van der Waals surface area contributed by atoms with Crippen LogP contribution in [0.1, 0.15) is 56.6 Å². The van der Waals surface area contributed by atoms with Crippen LogP contribution in [0.15, 0.2) is 29.2 Å². The second-order valence-corrected chi connectivity index (χ2v) is 11.2. The van der Waals surface area contributed by atoms with Gasteiger partial charge in [-0.15, -0.1) is 0 Å². The van der Waals surface area contributed by atoms with E-state index in [0.717, 1.165) is 66.7 Å². The van der Waals surface area contributed by atoms with Crippen molar-refractivity contribution in [3.05, 3.63) is 40.3 Å². The van der Waals surface area contributed by atoms with Gasteiger partial charge in [-0.3, -0.25) is 14.3 Å². The Kier molecular flexibility index (Phi) is 6.01. The molecule has 2 aliphatic carbocycles. The Labute approximate surface area is 199 Å². The molecule has 0 spiro atoms. The molecule has 7 heteroatoms. The highest BCUT2D eigenvalue weighted by Crippen LogP contribution is 2.32. The van der Waals surface area contributed by atoms with Crippen molar-refractivity contribution in [2.24, 2.45) is 5.92 Å². The van der Waals surface area contributed by atoms with Gasteiger partial charge in [-0.2, -0.15) is 16.7 Å². The number of nitrogens with zero attached hydrogens (tertiary/aromatic N) is 4. The summed E-state index contributed by atoms with van der Waals surface area (Å²) in [5.74, 6) is 3.79. The van der Waals surface area contributed by atoms with Crippen molar-refractivity contribution in [1.82, 2.24) is 19.4 Å². The molecule has 33 heavy (non-hydrogen) atoms. The van der Waals surface area contributed by atoms with Crippen LogP contribution in [-0.4, -0.2) is 50.6 Å². The fourth-order valence-corrected chi connectivity index (χ4v) is 6.39. The van der Waals surface area contributed by atoms with Gasteiger partial charge in [0.25, 0.3) is 5.56 Å². The topological polar surface area (TPSA) is 63.1 Å².